The van der Waals surface area contributed by atoms with Crippen molar-refractivity contribution < 1.29 is 19.1 Å². The number of amides is 2. The highest BCUT2D eigenvalue weighted by atomic mass is 79.9. The van der Waals surface area contributed by atoms with Crippen LogP contribution in [0.4, 0.5) is 5.69 Å². The molecule has 1 aliphatic rings. The number of hydrogen-bond donors (Lipinski definition) is 2. The Morgan fingerprint density at radius 2 is 1.84 bits per heavy atom. The first-order chi connectivity index (χ1) is 12.1. The molecule has 3 rings (SSSR count). The summed E-state index contributed by atoms with van der Waals surface area (Å²) in [5.41, 5.74) is 0.986. The van der Waals surface area contributed by atoms with Crippen molar-refractivity contribution in [2.75, 3.05) is 18.5 Å². The minimum atomic E-state index is -0.722. The first-order valence-corrected chi connectivity index (χ1v) is 8.60. The lowest BCUT2D eigenvalue weighted by molar-refractivity contribution is -0.117. The fourth-order valence-corrected chi connectivity index (χ4v) is 2.86. The highest BCUT2D eigenvalue weighted by molar-refractivity contribution is 9.10. The summed E-state index contributed by atoms with van der Waals surface area (Å²) in [7, 11) is 0. The van der Waals surface area contributed by atoms with E-state index >= 15 is 0 Å². The number of nitrogens with one attached hydrogen (secondary N) is 2. The van der Waals surface area contributed by atoms with Crippen LogP contribution < -0.4 is 20.1 Å². The van der Waals surface area contributed by atoms with E-state index in [1.54, 1.807) is 43.3 Å². The lowest BCUT2D eigenvalue weighted by Gasteiger charge is -2.22. The van der Waals surface area contributed by atoms with Gasteiger partial charge in [0.05, 0.1) is 11.3 Å². The Morgan fingerprint density at radius 1 is 1.08 bits per heavy atom. The first-order valence-electron chi connectivity index (χ1n) is 7.81. The van der Waals surface area contributed by atoms with Crippen molar-refractivity contribution in [1.82, 2.24) is 5.32 Å². The number of anilines is 1. The maximum Gasteiger partial charge on any atom is 0.253 e. The monoisotopic (exact) mass is 404 g/mol. The van der Waals surface area contributed by atoms with Crippen LogP contribution in [0.1, 0.15) is 17.3 Å². The summed E-state index contributed by atoms with van der Waals surface area (Å²) >= 11 is 3.33. The third kappa shape index (κ3) is 3.93. The fourth-order valence-electron chi connectivity index (χ4n) is 2.40. The Bertz CT molecular complexity index is 809. The van der Waals surface area contributed by atoms with E-state index in [0.717, 1.165) is 0 Å². The van der Waals surface area contributed by atoms with Crippen LogP contribution in [0.2, 0.25) is 0 Å². The Kier molecular flexibility index (Phi) is 5.23. The Balaban J connectivity index is 1.67. The number of para-hydroxylation sites is 1. The minimum absolute atomic E-state index is 0.329. The molecular formula is C18H17BrN2O4. The van der Waals surface area contributed by atoms with Crippen molar-refractivity contribution in [2.45, 2.75) is 13.0 Å². The molecule has 25 heavy (non-hydrogen) atoms. The third-order valence-corrected chi connectivity index (χ3v) is 4.37. The van der Waals surface area contributed by atoms with Gasteiger partial charge in [-0.2, -0.15) is 0 Å². The summed E-state index contributed by atoms with van der Waals surface area (Å²) in [4.78, 5) is 24.7. The van der Waals surface area contributed by atoms with Gasteiger partial charge in [0.1, 0.15) is 19.3 Å². The van der Waals surface area contributed by atoms with Gasteiger partial charge in [0.15, 0.2) is 11.5 Å². The van der Waals surface area contributed by atoms with Crippen molar-refractivity contribution >= 4 is 33.4 Å². The van der Waals surface area contributed by atoms with Gasteiger partial charge in [0.25, 0.3) is 5.91 Å². The van der Waals surface area contributed by atoms with Crippen molar-refractivity contribution in [3.05, 3.63) is 52.5 Å². The number of hydrogen-bond acceptors (Lipinski definition) is 4. The van der Waals surface area contributed by atoms with Crippen LogP contribution in [-0.2, 0) is 4.79 Å². The largest absolute Gasteiger partial charge is 0.486 e. The first kappa shape index (κ1) is 17.3. The molecule has 0 bridgehead atoms. The average Bonchev–Trinajstić information content (AvgIpc) is 2.62. The maximum absolute atomic E-state index is 12.4. The molecule has 0 spiro atoms. The van der Waals surface area contributed by atoms with Gasteiger partial charge in [-0.1, -0.05) is 18.2 Å². The smallest absolute Gasteiger partial charge is 0.253 e. The van der Waals surface area contributed by atoms with E-state index in [1.165, 1.54) is 0 Å². The van der Waals surface area contributed by atoms with Gasteiger partial charge in [0.2, 0.25) is 5.91 Å². The van der Waals surface area contributed by atoms with Gasteiger partial charge in [-0.05, 0) is 47.1 Å². The lowest BCUT2D eigenvalue weighted by Crippen LogP contribution is -2.41. The summed E-state index contributed by atoms with van der Waals surface area (Å²) in [6, 6.07) is 11.6. The molecule has 1 heterocycles. The van der Waals surface area contributed by atoms with Gasteiger partial charge in [-0.15, -0.1) is 0 Å². The summed E-state index contributed by atoms with van der Waals surface area (Å²) in [6.45, 7) is 2.52. The number of rotatable bonds is 4. The Morgan fingerprint density at radius 3 is 2.64 bits per heavy atom. The molecule has 0 aromatic heterocycles. The maximum atomic E-state index is 12.4. The molecule has 2 aromatic carbocycles. The normalized spacial score (nSPS) is 13.7. The van der Waals surface area contributed by atoms with Gasteiger partial charge < -0.3 is 20.1 Å². The predicted molar refractivity (Wildman–Crippen MR) is 97.1 cm³/mol. The predicted octanol–water partition coefficient (Wildman–Crippen LogP) is 2.98. The molecule has 7 heteroatoms. The zero-order chi connectivity index (χ0) is 17.8. The number of ether oxygens (including phenoxy) is 2. The number of halogens is 1. The van der Waals surface area contributed by atoms with Crippen LogP contribution in [0.25, 0.3) is 0 Å². The quantitative estimate of drug-likeness (QED) is 0.820. The van der Waals surface area contributed by atoms with Crippen molar-refractivity contribution in [3.8, 4) is 11.5 Å². The fraction of sp³-hybridized carbons (Fsp3) is 0.222. The standard InChI is InChI=1S/C18H17BrN2O4/c1-11(20-18(23)12-5-2-3-6-13(12)19)17(22)21-14-7-4-8-15-16(14)25-10-9-24-15/h2-8,11H,9-10H2,1H3,(H,20,23)(H,21,22). The van der Waals surface area contributed by atoms with E-state index in [4.69, 9.17) is 9.47 Å². The number of carbonyl (C=O) groups excluding carboxylic acids is 2. The van der Waals surface area contributed by atoms with E-state index in [2.05, 4.69) is 26.6 Å². The molecule has 2 amide bonds. The molecule has 1 atom stereocenters. The average molecular weight is 405 g/mol. The lowest BCUT2D eigenvalue weighted by atomic mass is 10.2. The second-order valence-corrected chi connectivity index (χ2v) is 6.35. The van der Waals surface area contributed by atoms with E-state index in [9.17, 15) is 9.59 Å². The zero-order valence-electron chi connectivity index (χ0n) is 13.5. The van der Waals surface area contributed by atoms with Crippen LogP contribution in [0.5, 0.6) is 11.5 Å². The summed E-state index contributed by atoms with van der Waals surface area (Å²) in [5.74, 6) is 0.424. The summed E-state index contributed by atoms with van der Waals surface area (Å²) < 4.78 is 11.7. The molecule has 130 valence electrons. The SMILES string of the molecule is CC(NC(=O)c1ccccc1Br)C(=O)Nc1cccc2c1OCCO2. The molecule has 1 aliphatic heterocycles. The summed E-state index contributed by atoms with van der Waals surface area (Å²) in [5, 5.41) is 5.45. The van der Waals surface area contributed by atoms with Crippen LogP contribution in [-0.4, -0.2) is 31.1 Å². The number of carbonyl (C=O) groups is 2. The molecule has 1 unspecified atom stereocenters. The molecule has 0 fully saturated rings. The van der Waals surface area contributed by atoms with Crippen LogP contribution in [0, 0.1) is 0 Å². The van der Waals surface area contributed by atoms with Crippen molar-refractivity contribution in [1.29, 1.82) is 0 Å². The summed E-state index contributed by atoms with van der Waals surface area (Å²) in [6.07, 6.45) is 0. The van der Waals surface area contributed by atoms with Gasteiger partial charge in [-0.25, -0.2) is 0 Å². The van der Waals surface area contributed by atoms with Gasteiger partial charge in [-0.3, -0.25) is 9.59 Å². The van der Waals surface area contributed by atoms with Gasteiger partial charge in [0, 0.05) is 4.47 Å². The molecular weight excluding hydrogens is 388 g/mol. The second kappa shape index (κ2) is 7.57. The number of fused-ring (bicyclic) bond motifs is 1. The second-order valence-electron chi connectivity index (χ2n) is 5.49. The van der Waals surface area contributed by atoms with Gasteiger partial charge >= 0.3 is 0 Å². The molecule has 0 saturated heterocycles. The molecule has 0 radical (unpaired) electrons. The van der Waals surface area contributed by atoms with Crippen LogP contribution in [0.3, 0.4) is 0 Å². The van der Waals surface area contributed by atoms with E-state index in [0.29, 0.717) is 40.4 Å². The topological polar surface area (TPSA) is 76.7 Å². The Labute approximate surface area is 153 Å². The van der Waals surface area contributed by atoms with E-state index < -0.39 is 6.04 Å². The molecule has 0 aliphatic carbocycles. The van der Waals surface area contributed by atoms with Crippen molar-refractivity contribution in [3.63, 3.8) is 0 Å². The zero-order valence-corrected chi connectivity index (χ0v) is 15.1. The van der Waals surface area contributed by atoms with Crippen LogP contribution in [0.15, 0.2) is 46.9 Å². The van der Waals surface area contributed by atoms with Crippen LogP contribution >= 0.6 is 15.9 Å². The van der Waals surface area contributed by atoms with E-state index in [-0.39, 0.29) is 11.8 Å². The van der Waals surface area contributed by atoms with Crippen molar-refractivity contribution in [2.24, 2.45) is 0 Å². The third-order valence-electron chi connectivity index (χ3n) is 3.68. The highest BCUT2D eigenvalue weighted by Gasteiger charge is 2.21. The molecule has 6 nitrogen and oxygen atoms in total. The molecule has 2 N–H and O–H groups in total. The highest BCUT2D eigenvalue weighted by Crippen LogP contribution is 2.37. The molecule has 0 saturated carbocycles. The van der Waals surface area contributed by atoms with E-state index in [1.807, 2.05) is 6.07 Å². The minimum Gasteiger partial charge on any atom is -0.486 e. The number of benzene rings is 2. The Hall–Kier alpha value is -2.54. The molecule has 2 aromatic rings.